The number of carbonyl (C=O) groups is 3. The zero-order valence-electron chi connectivity index (χ0n) is 27.8. The molecule has 3 heterocycles. The molecule has 0 radical (unpaired) electrons. The van der Waals surface area contributed by atoms with Gasteiger partial charge >= 0.3 is 12.1 Å². The van der Waals surface area contributed by atoms with Crippen molar-refractivity contribution in [3.63, 3.8) is 0 Å². The van der Waals surface area contributed by atoms with E-state index >= 15 is 0 Å². The minimum absolute atomic E-state index is 0.0185. The van der Waals surface area contributed by atoms with Gasteiger partial charge in [0.25, 0.3) is 0 Å². The zero-order valence-corrected chi connectivity index (χ0v) is 27.8. The van der Waals surface area contributed by atoms with Gasteiger partial charge in [0.2, 0.25) is 5.91 Å². The monoisotopic (exact) mass is 654 g/mol. The van der Waals surface area contributed by atoms with E-state index in [1.807, 2.05) is 74.5 Å². The maximum Gasteiger partial charge on any atom is 0.408 e. The lowest BCUT2D eigenvalue weighted by Gasteiger charge is -2.30. The lowest BCUT2D eigenvalue weighted by Crippen LogP contribution is -2.54. The fourth-order valence-electron chi connectivity index (χ4n) is 5.96. The smallest absolute Gasteiger partial charge is 0.408 e. The minimum atomic E-state index is -1.03. The molecule has 0 aromatic heterocycles. The average Bonchev–Trinajstić information content (AvgIpc) is 3.64. The molecule has 2 aromatic carbocycles. The summed E-state index contributed by atoms with van der Waals surface area (Å²) in [6.45, 7) is 11.3. The molecule has 2 aromatic rings. The second-order valence-corrected chi connectivity index (χ2v) is 13.5. The van der Waals surface area contributed by atoms with Crippen LogP contribution in [0, 0.1) is 5.92 Å². The van der Waals surface area contributed by atoms with Gasteiger partial charge in [0.1, 0.15) is 30.9 Å². The molecule has 3 aliphatic rings. The van der Waals surface area contributed by atoms with Crippen LogP contribution in [0.25, 0.3) is 0 Å². The third-order valence-electron chi connectivity index (χ3n) is 8.09. The summed E-state index contributed by atoms with van der Waals surface area (Å²) in [7, 11) is 0. The van der Waals surface area contributed by atoms with Crippen molar-refractivity contribution in [1.82, 2.24) is 10.6 Å². The van der Waals surface area contributed by atoms with Gasteiger partial charge in [-0.1, -0.05) is 74.5 Å². The van der Waals surface area contributed by atoms with Gasteiger partial charge in [0.05, 0.1) is 6.61 Å². The number of nitrogens with one attached hydrogen (secondary N) is 2. The van der Waals surface area contributed by atoms with Crippen molar-refractivity contribution in [1.29, 1.82) is 0 Å². The molecule has 7 atom stereocenters. The highest BCUT2D eigenvalue weighted by Crippen LogP contribution is 2.42. The van der Waals surface area contributed by atoms with E-state index in [1.165, 1.54) is 0 Å². The molecule has 3 fully saturated rings. The van der Waals surface area contributed by atoms with Crippen molar-refractivity contribution in [2.45, 2.75) is 115 Å². The summed E-state index contributed by atoms with van der Waals surface area (Å²) in [4.78, 5) is 40.6. The molecule has 0 aliphatic carbocycles. The van der Waals surface area contributed by atoms with Gasteiger partial charge in [0, 0.05) is 6.42 Å². The molecule has 256 valence electrons. The second-order valence-electron chi connectivity index (χ2n) is 13.5. The first kappa shape index (κ1) is 34.8. The van der Waals surface area contributed by atoms with E-state index in [0.29, 0.717) is 0 Å². The third kappa shape index (κ3) is 9.29. The fraction of sp³-hybridized carbons (Fsp3) is 0.571. The molecule has 2 N–H and O–H groups in total. The fourth-order valence-corrected chi connectivity index (χ4v) is 5.96. The van der Waals surface area contributed by atoms with Crippen LogP contribution in [0.3, 0.4) is 0 Å². The Hall–Kier alpha value is -3.55. The van der Waals surface area contributed by atoms with Crippen LogP contribution < -0.4 is 10.6 Å². The van der Waals surface area contributed by atoms with Crippen molar-refractivity contribution < 1.29 is 47.5 Å². The molecule has 12 nitrogen and oxygen atoms in total. The predicted octanol–water partition coefficient (Wildman–Crippen LogP) is 3.99. The number of hydrogen-bond donors (Lipinski definition) is 2. The van der Waals surface area contributed by atoms with Crippen molar-refractivity contribution in [2.75, 3.05) is 6.61 Å². The standard InChI is InChI=1S/C35H46N2O10/c1-21(2)17-25(31(39)43-28-27(26-20-42-34(3,4)45-26)44-32-29(28)46-35(5,6)47-32)36-30(38)24(18-22-13-9-7-10-14-22)37-33(40)41-19-23-15-11-8-12-16-23/h7-16,21,24-29,32H,17-20H2,1-6H3,(H,36,38)(H,37,40)/t24-,25-,26+,27-,28+,29+,32+/m1/s1. The van der Waals surface area contributed by atoms with Crippen LogP contribution in [0.2, 0.25) is 0 Å². The van der Waals surface area contributed by atoms with E-state index in [-0.39, 0.29) is 32.0 Å². The van der Waals surface area contributed by atoms with Crippen LogP contribution in [0.5, 0.6) is 0 Å². The number of fused-ring (bicyclic) bond motifs is 1. The first-order valence-electron chi connectivity index (χ1n) is 16.1. The minimum Gasteiger partial charge on any atom is -0.455 e. The highest BCUT2D eigenvalue weighted by molar-refractivity contribution is 5.90. The van der Waals surface area contributed by atoms with Crippen LogP contribution in [-0.2, 0) is 55.8 Å². The van der Waals surface area contributed by atoms with Gasteiger partial charge in [-0.05, 0) is 51.2 Å². The Balaban J connectivity index is 1.30. The van der Waals surface area contributed by atoms with Crippen LogP contribution >= 0.6 is 0 Å². The third-order valence-corrected chi connectivity index (χ3v) is 8.09. The first-order valence-corrected chi connectivity index (χ1v) is 16.1. The molecule has 5 rings (SSSR count). The van der Waals surface area contributed by atoms with Gasteiger partial charge in [0.15, 0.2) is 30.1 Å². The van der Waals surface area contributed by atoms with E-state index in [4.69, 9.17) is 33.2 Å². The highest BCUT2D eigenvalue weighted by atomic mass is 16.8. The number of hydrogen-bond acceptors (Lipinski definition) is 10. The molecular weight excluding hydrogens is 608 g/mol. The molecule has 0 saturated carbocycles. The van der Waals surface area contributed by atoms with Gasteiger partial charge in [-0.15, -0.1) is 0 Å². The number of benzene rings is 2. The number of carbonyl (C=O) groups excluding carboxylic acids is 3. The topological polar surface area (TPSA) is 140 Å². The molecule has 2 amide bonds. The summed E-state index contributed by atoms with van der Waals surface area (Å²) in [6.07, 6.45) is -3.95. The lowest BCUT2D eigenvalue weighted by atomic mass is 10.0. The van der Waals surface area contributed by atoms with Crippen molar-refractivity contribution in [2.24, 2.45) is 5.92 Å². The summed E-state index contributed by atoms with van der Waals surface area (Å²) < 4.78 is 41.5. The largest absolute Gasteiger partial charge is 0.455 e. The normalized spacial score (nSPS) is 27.1. The SMILES string of the molecule is CC(C)C[C@@H](NC(=O)[C@@H](Cc1ccccc1)NC(=O)OCc1ccccc1)C(=O)O[C@@H]1[C@@H]2OC(C)(C)O[C@@H]2O[C@@H]1[C@@H]1COC(C)(C)O1. The van der Waals surface area contributed by atoms with Gasteiger partial charge in [-0.25, -0.2) is 9.59 Å². The van der Waals surface area contributed by atoms with Gasteiger partial charge in [-0.2, -0.15) is 0 Å². The summed E-state index contributed by atoms with van der Waals surface area (Å²) in [6, 6.07) is 16.4. The predicted molar refractivity (Wildman–Crippen MR) is 169 cm³/mol. The Morgan fingerprint density at radius 1 is 0.830 bits per heavy atom. The molecular formula is C35H46N2O10. The van der Waals surface area contributed by atoms with E-state index in [9.17, 15) is 14.4 Å². The molecule has 47 heavy (non-hydrogen) atoms. The van der Waals surface area contributed by atoms with Crippen molar-refractivity contribution in [3.05, 3.63) is 71.8 Å². The van der Waals surface area contributed by atoms with Crippen molar-refractivity contribution in [3.8, 4) is 0 Å². The van der Waals surface area contributed by atoms with Crippen molar-refractivity contribution >= 4 is 18.0 Å². The van der Waals surface area contributed by atoms with E-state index in [1.54, 1.807) is 27.7 Å². The molecule has 12 heteroatoms. The number of alkyl carbamates (subject to hydrolysis) is 1. The van der Waals surface area contributed by atoms with E-state index < -0.39 is 72.3 Å². The second kappa shape index (κ2) is 14.7. The summed E-state index contributed by atoms with van der Waals surface area (Å²) >= 11 is 0. The van der Waals surface area contributed by atoms with Gasteiger partial charge in [-0.3, -0.25) is 4.79 Å². The summed E-state index contributed by atoms with van der Waals surface area (Å²) in [5.41, 5.74) is 1.62. The quantitative estimate of drug-likeness (QED) is 0.323. The molecule has 0 unspecified atom stereocenters. The number of amides is 2. The molecule has 0 bridgehead atoms. The Labute approximate surface area is 275 Å². The average molecular weight is 655 g/mol. The maximum atomic E-state index is 13.9. The first-order chi connectivity index (χ1) is 22.3. The van der Waals surface area contributed by atoms with Gasteiger partial charge < -0.3 is 43.8 Å². The van der Waals surface area contributed by atoms with E-state index in [2.05, 4.69) is 10.6 Å². The lowest BCUT2D eigenvalue weighted by molar-refractivity contribution is -0.235. The maximum absolute atomic E-state index is 13.9. The van der Waals surface area contributed by atoms with Crippen LogP contribution in [0.15, 0.2) is 60.7 Å². The number of ether oxygens (including phenoxy) is 7. The van der Waals surface area contributed by atoms with Crippen LogP contribution in [0.1, 0.15) is 59.1 Å². The zero-order chi connectivity index (χ0) is 33.8. The Morgan fingerprint density at radius 2 is 1.49 bits per heavy atom. The van der Waals surface area contributed by atoms with Crippen LogP contribution in [0.4, 0.5) is 4.79 Å². The van der Waals surface area contributed by atoms with Crippen LogP contribution in [-0.4, -0.2) is 78.9 Å². The Kier molecular flexibility index (Phi) is 10.9. The molecule has 3 saturated heterocycles. The Morgan fingerprint density at radius 3 is 2.11 bits per heavy atom. The Bertz CT molecular complexity index is 1370. The summed E-state index contributed by atoms with van der Waals surface area (Å²) in [5, 5.41) is 5.53. The molecule has 0 spiro atoms. The summed E-state index contributed by atoms with van der Waals surface area (Å²) in [5.74, 6) is -2.99. The number of esters is 1. The number of rotatable bonds is 12. The highest BCUT2D eigenvalue weighted by Gasteiger charge is 2.60. The molecule has 3 aliphatic heterocycles. The van der Waals surface area contributed by atoms with E-state index in [0.717, 1.165) is 11.1 Å².